The highest BCUT2D eigenvalue weighted by Crippen LogP contribution is 2.23. The van der Waals surface area contributed by atoms with Crippen molar-refractivity contribution in [3.63, 3.8) is 0 Å². The summed E-state index contributed by atoms with van der Waals surface area (Å²) < 4.78 is 5.11. The molecule has 0 unspecified atom stereocenters. The van der Waals surface area contributed by atoms with Gasteiger partial charge >= 0.3 is 0 Å². The van der Waals surface area contributed by atoms with Crippen LogP contribution in [0.5, 0.6) is 5.75 Å². The van der Waals surface area contributed by atoms with E-state index in [2.05, 4.69) is 15.3 Å². The van der Waals surface area contributed by atoms with Gasteiger partial charge in [-0.25, -0.2) is 0 Å². The number of methoxy groups -OCH3 is 1. The lowest BCUT2D eigenvalue weighted by Gasteiger charge is -2.09. The van der Waals surface area contributed by atoms with Crippen molar-refractivity contribution < 1.29 is 9.53 Å². The summed E-state index contributed by atoms with van der Waals surface area (Å²) in [6.07, 6.45) is 0.849. The fraction of sp³-hybridized carbons (Fsp3) is 0.364. The van der Waals surface area contributed by atoms with Gasteiger partial charge in [-0.3, -0.25) is 4.79 Å². The molecule has 6 heteroatoms. The molecule has 0 aromatic heterocycles. The number of rotatable bonds is 6. The maximum Gasteiger partial charge on any atom is 0.224 e. The molecule has 17 heavy (non-hydrogen) atoms. The second kappa shape index (κ2) is 7.14. The fourth-order valence-corrected chi connectivity index (χ4v) is 1.32. The van der Waals surface area contributed by atoms with Gasteiger partial charge in [0.15, 0.2) is 0 Å². The first-order valence-electron chi connectivity index (χ1n) is 5.21. The van der Waals surface area contributed by atoms with Crippen LogP contribution in [-0.2, 0) is 4.79 Å². The van der Waals surface area contributed by atoms with Crippen LogP contribution < -0.4 is 10.1 Å². The molecule has 0 aliphatic rings. The third-order valence-corrected chi connectivity index (χ3v) is 2.11. The van der Waals surface area contributed by atoms with E-state index in [1.165, 1.54) is 0 Å². The number of carbonyl (C=O) groups is 1. The molecule has 0 fully saturated rings. The molecule has 0 bridgehead atoms. The van der Waals surface area contributed by atoms with Gasteiger partial charge in [-0.2, -0.15) is 0 Å². The molecule has 0 aliphatic carbocycles. The van der Waals surface area contributed by atoms with Gasteiger partial charge in [-0.1, -0.05) is 17.2 Å². The SMILES string of the molecule is COc1ccccc1NC(=O)CCCN=[N+]=[N-]. The van der Waals surface area contributed by atoms with Gasteiger partial charge in [-0.15, -0.1) is 0 Å². The van der Waals surface area contributed by atoms with Crippen molar-refractivity contribution in [3.8, 4) is 5.75 Å². The summed E-state index contributed by atoms with van der Waals surface area (Å²) >= 11 is 0. The van der Waals surface area contributed by atoms with Crippen molar-refractivity contribution in [3.05, 3.63) is 34.7 Å². The fourth-order valence-electron chi connectivity index (χ4n) is 1.32. The maximum absolute atomic E-state index is 11.5. The Kier molecular flexibility index (Phi) is 5.40. The van der Waals surface area contributed by atoms with Crippen molar-refractivity contribution in [1.82, 2.24) is 0 Å². The average Bonchev–Trinajstić information content (AvgIpc) is 2.35. The quantitative estimate of drug-likeness (QED) is 0.355. The number of azide groups is 1. The number of para-hydroxylation sites is 2. The number of ether oxygens (including phenoxy) is 1. The molecule has 1 amide bonds. The topological polar surface area (TPSA) is 87.1 Å². The van der Waals surface area contributed by atoms with Crippen molar-refractivity contribution in [1.29, 1.82) is 0 Å². The van der Waals surface area contributed by atoms with E-state index in [1.54, 1.807) is 19.2 Å². The first-order valence-corrected chi connectivity index (χ1v) is 5.21. The lowest BCUT2D eigenvalue weighted by Crippen LogP contribution is -2.12. The molecule has 0 heterocycles. The Bertz CT molecular complexity index is 427. The molecule has 0 saturated carbocycles. The Hall–Kier alpha value is -2.20. The first-order chi connectivity index (χ1) is 8.27. The smallest absolute Gasteiger partial charge is 0.224 e. The van der Waals surface area contributed by atoms with E-state index < -0.39 is 0 Å². The highest BCUT2D eigenvalue weighted by atomic mass is 16.5. The van der Waals surface area contributed by atoms with Crippen molar-refractivity contribution in [2.45, 2.75) is 12.8 Å². The van der Waals surface area contributed by atoms with E-state index >= 15 is 0 Å². The van der Waals surface area contributed by atoms with Gasteiger partial charge < -0.3 is 10.1 Å². The molecular weight excluding hydrogens is 220 g/mol. The first kappa shape index (κ1) is 12.9. The number of nitrogens with one attached hydrogen (secondary N) is 1. The Morgan fingerprint density at radius 2 is 2.29 bits per heavy atom. The third-order valence-electron chi connectivity index (χ3n) is 2.11. The van der Waals surface area contributed by atoms with Crippen LogP contribution in [0.4, 0.5) is 5.69 Å². The Balaban J connectivity index is 2.47. The zero-order chi connectivity index (χ0) is 12.5. The summed E-state index contributed by atoms with van der Waals surface area (Å²) in [7, 11) is 1.55. The number of hydrogen-bond acceptors (Lipinski definition) is 3. The van der Waals surface area contributed by atoms with Crippen LogP contribution in [-0.4, -0.2) is 19.6 Å². The normalized spacial score (nSPS) is 9.24. The van der Waals surface area contributed by atoms with E-state index in [4.69, 9.17) is 10.3 Å². The van der Waals surface area contributed by atoms with E-state index in [9.17, 15) is 4.79 Å². The van der Waals surface area contributed by atoms with E-state index in [-0.39, 0.29) is 5.91 Å². The predicted octanol–water partition coefficient (Wildman–Crippen LogP) is 2.72. The zero-order valence-corrected chi connectivity index (χ0v) is 9.59. The summed E-state index contributed by atoms with van der Waals surface area (Å²) in [4.78, 5) is 14.2. The van der Waals surface area contributed by atoms with E-state index in [1.807, 2.05) is 12.1 Å². The number of carbonyl (C=O) groups excluding carboxylic acids is 1. The standard InChI is InChI=1S/C11H14N4O2/c1-17-10-6-3-2-5-9(10)14-11(16)7-4-8-13-15-12/h2-3,5-6H,4,7-8H2,1H3,(H,14,16). The third kappa shape index (κ3) is 4.44. The van der Waals surface area contributed by atoms with Crippen LogP contribution in [0.25, 0.3) is 10.4 Å². The largest absolute Gasteiger partial charge is 0.495 e. The van der Waals surface area contributed by atoms with E-state index in [0.29, 0.717) is 30.8 Å². The number of amides is 1. The van der Waals surface area contributed by atoms with Gasteiger partial charge in [0.1, 0.15) is 5.75 Å². The summed E-state index contributed by atoms with van der Waals surface area (Å²) in [5.74, 6) is 0.499. The van der Waals surface area contributed by atoms with Crippen molar-refractivity contribution in [2.75, 3.05) is 19.0 Å². The maximum atomic E-state index is 11.5. The van der Waals surface area contributed by atoms with Gasteiger partial charge in [0.2, 0.25) is 5.91 Å². The minimum atomic E-state index is -0.123. The number of nitrogens with zero attached hydrogens (tertiary/aromatic N) is 3. The summed E-state index contributed by atoms with van der Waals surface area (Å²) in [5.41, 5.74) is 8.72. The predicted molar refractivity (Wildman–Crippen MR) is 64.9 cm³/mol. The van der Waals surface area contributed by atoms with Crippen LogP contribution in [0.1, 0.15) is 12.8 Å². The van der Waals surface area contributed by atoms with Crippen LogP contribution >= 0.6 is 0 Å². The molecule has 0 radical (unpaired) electrons. The van der Waals surface area contributed by atoms with Crippen molar-refractivity contribution in [2.24, 2.45) is 5.11 Å². The van der Waals surface area contributed by atoms with E-state index in [0.717, 1.165) is 0 Å². The molecule has 0 saturated heterocycles. The van der Waals surface area contributed by atoms with Crippen LogP contribution in [0.2, 0.25) is 0 Å². The summed E-state index contributed by atoms with van der Waals surface area (Å²) in [6.45, 7) is 0.329. The number of benzene rings is 1. The Morgan fingerprint density at radius 1 is 1.53 bits per heavy atom. The number of hydrogen-bond donors (Lipinski definition) is 1. The molecule has 1 aromatic rings. The Morgan fingerprint density at radius 3 is 3.00 bits per heavy atom. The minimum absolute atomic E-state index is 0.123. The molecule has 0 atom stereocenters. The minimum Gasteiger partial charge on any atom is -0.495 e. The van der Waals surface area contributed by atoms with Crippen LogP contribution in [0, 0.1) is 0 Å². The molecule has 1 N–H and O–H groups in total. The van der Waals surface area contributed by atoms with Gasteiger partial charge in [-0.05, 0) is 24.1 Å². The number of anilines is 1. The molecule has 0 spiro atoms. The highest BCUT2D eigenvalue weighted by Gasteiger charge is 2.05. The Labute approximate surface area is 99.2 Å². The van der Waals surface area contributed by atoms with Gasteiger partial charge in [0.25, 0.3) is 0 Å². The zero-order valence-electron chi connectivity index (χ0n) is 9.59. The molecule has 1 rings (SSSR count). The van der Waals surface area contributed by atoms with Crippen LogP contribution in [0.3, 0.4) is 0 Å². The van der Waals surface area contributed by atoms with Gasteiger partial charge in [0, 0.05) is 17.9 Å². The lowest BCUT2D eigenvalue weighted by molar-refractivity contribution is -0.116. The average molecular weight is 234 g/mol. The molecular formula is C11H14N4O2. The highest BCUT2D eigenvalue weighted by molar-refractivity contribution is 5.92. The molecule has 1 aromatic carbocycles. The van der Waals surface area contributed by atoms with Crippen molar-refractivity contribution >= 4 is 11.6 Å². The molecule has 0 aliphatic heterocycles. The molecule has 6 nitrogen and oxygen atoms in total. The summed E-state index contributed by atoms with van der Waals surface area (Å²) in [5, 5.41) is 6.10. The lowest BCUT2D eigenvalue weighted by atomic mass is 10.2. The molecule has 90 valence electrons. The second-order valence-corrected chi connectivity index (χ2v) is 3.31. The van der Waals surface area contributed by atoms with Gasteiger partial charge in [0.05, 0.1) is 12.8 Å². The van der Waals surface area contributed by atoms with Crippen LogP contribution in [0.15, 0.2) is 29.4 Å². The monoisotopic (exact) mass is 234 g/mol. The summed E-state index contributed by atoms with van der Waals surface area (Å²) in [6, 6.07) is 7.19. The second-order valence-electron chi connectivity index (χ2n) is 3.31.